The van der Waals surface area contributed by atoms with Crippen molar-refractivity contribution in [3.05, 3.63) is 59.7 Å². The van der Waals surface area contributed by atoms with Gasteiger partial charge in [-0.05, 0) is 35.7 Å². The molecule has 94 valence electrons. The number of benzene rings is 2. The molecule has 0 unspecified atom stereocenters. The number of hydrogen-bond acceptors (Lipinski definition) is 2. The second kappa shape index (κ2) is 5.58. The van der Waals surface area contributed by atoms with Gasteiger partial charge in [0, 0.05) is 32.5 Å². The molecule has 0 saturated carbocycles. The van der Waals surface area contributed by atoms with E-state index in [2.05, 4.69) is 72.8 Å². The standard InChI is InChI=1S/C16H20N2/c1-17-16-7-5-4-6-14(16)12-13-8-10-15(11-9-13)18(2)3/h4-11,17H,12H2,1-3H3. The topological polar surface area (TPSA) is 15.3 Å². The zero-order valence-corrected chi connectivity index (χ0v) is 11.3. The summed E-state index contributed by atoms with van der Waals surface area (Å²) >= 11 is 0. The molecule has 0 aromatic heterocycles. The lowest BCUT2D eigenvalue weighted by Crippen LogP contribution is -2.08. The van der Waals surface area contributed by atoms with Gasteiger partial charge >= 0.3 is 0 Å². The van der Waals surface area contributed by atoms with Crippen LogP contribution in [0.1, 0.15) is 11.1 Å². The summed E-state index contributed by atoms with van der Waals surface area (Å²) in [4.78, 5) is 2.12. The van der Waals surface area contributed by atoms with Crippen molar-refractivity contribution in [2.24, 2.45) is 0 Å². The maximum atomic E-state index is 3.24. The summed E-state index contributed by atoms with van der Waals surface area (Å²) in [6.45, 7) is 0. The predicted octanol–water partition coefficient (Wildman–Crippen LogP) is 3.39. The molecule has 0 fully saturated rings. The minimum Gasteiger partial charge on any atom is -0.388 e. The first-order valence-corrected chi connectivity index (χ1v) is 6.22. The molecule has 0 aliphatic heterocycles. The van der Waals surface area contributed by atoms with Crippen LogP contribution in [0.4, 0.5) is 11.4 Å². The van der Waals surface area contributed by atoms with Crippen LogP contribution in [0.25, 0.3) is 0 Å². The zero-order chi connectivity index (χ0) is 13.0. The van der Waals surface area contributed by atoms with Crippen molar-refractivity contribution in [3.63, 3.8) is 0 Å². The molecule has 0 spiro atoms. The van der Waals surface area contributed by atoms with Crippen LogP contribution in [0.3, 0.4) is 0 Å². The summed E-state index contributed by atoms with van der Waals surface area (Å²) in [6.07, 6.45) is 0.963. The maximum absolute atomic E-state index is 3.24. The Hall–Kier alpha value is -1.96. The predicted molar refractivity (Wildman–Crippen MR) is 79.6 cm³/mol. The Morgan fingerprint density at radius 1 is 0.944 bits per heavy atom. The fourth-order valence-electron chi connectivity index (χ4n) is 2.05. The summed E-state index contributed by atoms with van der Waals surface area (Å²) in [5.74, 6) is 0. The van der Waals surface area contributed by atoms with Gasteiger partial charge in [-0.2, -0.15) is 0 Å². The first-order valence-electron chi connectivity index (χ1n) is 6.22. The average Bonchev–Trinajstić information content (AvgIpc) is 2.40. The molecule has 2 aromatic carbocycles. The Morgan fingerprint density at radius 3 is 2.22 bits per heavy atom. The molecule has 2 rings (SSSR count). The molecule has 0 atom stereocenters. The fraction of sp³-hybridized carbons (Fsp3) is 0.250. The van der Waals surface area contributed by atoms with E-state index in [1.807, 2.05) is 7.05 Å². The van der Waals surface area contributed by atoms with Gasteiger partial charge < -0.3 is 10.2 Å². The van der Waals surface area contributed by atoms with Crippen LogP contribution in [0.5, 0.6) is 0 Å². The first kappa shape index (κ1) is 12.5. The molecule has 0 aliphatic rings. The lowest BCUT2D eigenvalue weighted by molar-refractivity contribution is 1.12. The summed E-state index contributed by atoms with van der Waals surface area (Å²) in [6, 6.07) is 17.2. The third-order valence-electron chi connectivity index (χ3n) is 3.13. The molecular formula is C16H20N2. The van der Waals surface area contributed by atoms with Crippen LogP contribution in [0.2, 0.25) is 0 Å². The van der Waals surface area contributed by atoms with Gasteiger partial charge in [-0.1, -0.05) is 30.3 Å². The monoisotopic (exact) mass is 240 g/mol. The highest BCUT2D eigenvalue weighted by Crippen LogP contribution is 2.20. The Morgan fingerprint density at radius 2 is 1.61 bits per heavy atom. The Bertz CT molecular complexity index is 501. The number of anilines is 2. The van der Waals surface area contributed by atoms with Gasteiger partial charge in [0.05, 0.1) is 0 Å². The van der Waals surface area contributed by atoms with Gasteiger partial charge in [0.15, 0.2) is 0 Å². The quantitative estimate of drug-likeness (QED) is 0.881. The highest BCUT2D eigenvalue weighted by atomic mass is 15.1. The number of nitrogens with one attached hydrogen (secondary N) is 1. The van der Waals surface area contributed by atoms with Crippen LogP contribution in [-0.2, 0) is 6.42 Å². The second-order valence-electron chi connectivity index (χ2n) is 4.64. The van der Waals surface area contributed by atoms with Gasteiger partial charge in [-0.3, -0.25) is 0 Å². The lowest BCUT2D eigenvalue weighted by Gasteiger charge is -2.13. The Labute approximate surface area is 109 Å². The third-order valence-corrected chi connectivity index (χ3v) is 3.13. The van der Waals surface area contributed by atoms with Crippen LogP contribution < -0.4 is 10.2 Å². The molecule has 0 amide bonds. The lowest BCUT2D eigenvalue weighted by atomic mass is 10.0. The largest absolute Gasteiger partial charge is 0.388 e. The summed E-state index contributed by atoms with van der Waals surface area (Å²) in [5.41, 5.74) is 5.11. The second-order valence-corrected chi connectivity index (χ2v) is 4.64. The Kier molecular flexibility index (Phi) is 3.88. The van der Waals surface area contributed by atoms with E-state index in [1.54, 1.807) is 0 Å². The minimum atomic E-state index is 0.963. The van der Waals surface area contributed by atoms with Crippen LogP contribution in [0, 0.1) is 0 Å². The number of hydrogen-bond donors (Lipinski definition) is 1. The van der Waals surface area contributed by atoms with E-state index < -0.39 is 0 Å². The zero-order valence-electron chi connectivity index (χ0n) is 11.3. The Balaban J connectivity index is 2.18. The molecule has 1 N–H and O–H groups in total. The SMILES string of the molecule is CNc1ccccc1Cc1ccc(N(C)C)cc1. The number of para-hydroxylation sites is 1. The van der Waals surface area contributed by atoms with Crippen LogP contribution in [-0.4, -0.2) is 21.1 Å². The number of nitrogens with zero attached hydrogens (tertiary/aromatic N) is 1. The van der Waals surface area contributed by atoms with Crippen molar-refractivity contribution in [2.75, 3.05) is 31.4 Å². The van der Waals surface area contributed by atoms with E-state index in [0.29, 0.717) is 0 Å². The summed E-state index contributed by atoms with van der Waals surface area (Å²) < 4.78 is 0. The summed E-state index contributed by atoms with van der Waals surface area (Å²) in [7, 11) is 6.09. The molecule has 0 bridgehead atoms. The average molecular weight is 240 g/mol. The molecule has 2 heteroatoms. The van der Waals surface area contributed by atoms with Crippen LogP contribution >= 0.6 is 0 Å². The number of rotatable bonds is 4. The molecule has 2 aromatic rings. The van der Waals surface area contributed by atoms with Gasteiger partial charge in [0.1, 0.15) is 0 Å². The van der Waals surface area contributed by atoms with E-state index in [9.17, 15) is 0 Å². The summed E-state index contributed by atoms with van der Waals surface area (Å²) in [5, 5.41) is 3.24. The van der Waals surface area contributed by atoms with E-state index in [4.69, 9.17) is 0 Å². The van der Waals surface area contributed by atoms with Crippen molar-refractivity contribution in [3.8, 4) is 0 Å². The highest BCUT2D eigenvalue weighted by molar-refractivity contribution is 5.53. The van der Waals surface area contributed by atoms with Gasteiger partial charge in [0.2, 0.25) is 0 Å². The maximum Gasteiger partial charge on any atom is 0.0373 e. The van der Waals surface area contributed by atoms with Gasteiger partial charge in [-0.15, -0.1) is 0 Å². The van der Waals surface area contributed by atoms with Crippen molar-refractivity contribution in [1.29, 1.82) is 0 Å². The first-order chi connectivity index (χ1) is 8.70. The van der Waals surface area contributed by atoms with Gasteiger partial charge in [-0.25, -0.2) is 0 Å². The van der Waals surface area contributed by atoms with Gasteiger partial charge in [0.25, 0.3) is 0 Å². The minimum absolute atomic E-state index is 0.963. The van der Waals surface area contributed by atoms with E-state index >= 15 is 0 Å². The molecule has 0 aliphatic carbocycles. The molecule has 0 heterocycles. The van der Waals surface area contributed by atoms with Crippen molar-refractivity contribution in [1.82, 2.24) is 0 Å². The molecule has 18 heavy (non-hydrogen) atoms. The molecule has 2 nitrogen and oxygen atoms in total. The van der Waals surface area contributed by atoms with Crippen molar-refractivity contribution >= 4 is 11.4 Å². The van der Waals surface area contributed by atoms with Crippen LogP contribution in [0.15, 0.2) is 48.5 Å². The highest BCUT2D eigenvalue weighted by Gasteiger charge is 2.02. The van der Waals surface area contributed by atoms with Crippen molar-refractivity contribution < 1.29 is 0 Å². The van der Waals surface area contributed by atoms with E-state index in [-0.39, 0.29) is 0 Å². The normalized spacial score (nSPS) is 10.2. The van der Waals surface area contributed by atoms with Crippen molar-refractivity contribution in [2.45, 2.75) is 6.42 Å². The molecular weight excluding hydrogens is 220 g/mol. The molecule has 0 saturated heterocycles. The van der Waals surface area contributed by atoms with E-state index in [1.165, 1.54) is 22.5 Å². The smallest absolute Gasteiger partial charge is 0.0373 e. The third kappa shape index (κ3) is 2.83. The van der Waals surface area contributed by atoms with E-state index in [0.717, 1.165) is 6.42 Å². The molecule has 0 radical (unpaired) electrons. The fourth-order valence-corrected chi connectivity index (χ4v) is 2.05.